The molecule has 0 unspecified atom stereocenters. The van der Waals surface area contributed by atoms with Crippen molar-refractivity contribution in [3.63, 3.8) is 0 Å². The summed E-state index contributed by atoms with van der Waals surface area (Å²) < 4.78 is 0. The lowest BCUT2D eigenvalue weighted by Gasteiger charge is -2.37. The van der Waals surface area contributed by atoms with Gasteiger partial charge in [-0.15, -0.1) is 0 Å². The number of likely N-dealkylation sites (N-methyl/N-ethyl adjacent to an activating group) is 1. The molecule has 200 valence electrons. The minimum Gasteiger partial charge on any atom is -0.342 e. The SMILES string of the molecule is CN1C(=O)[C@@H](NC(=O)C2(NC(=O)CCC3CCCC3)CCCCC2)N=C(c2ccccc2)c2ccccc21. The predicted molar refractivity (Wildman–Crippen MR) is 149 cm³/mol. The van der Waals surface area contributed by atoms with Gasteiger partial charge in [0.2, 0.25) is 18.0 Å². The number of hydrogen-bond acceptors (Lipinski definition) is 4. The molecule has 38 heavy (non-hydrogen) atoms. The monoisotopic (exact) mass is 514 g/mol. The fourth-order valence-electron chi connectivity index (χ4n) is 6.23. The molecule has 3 amide bonds. The molecule has 3 aliphatic rings. The molecule has 2 aromatic carbocycles. The molecule has 0 radical (unpaired) electrons. The zero-order valence-corrected chi connectivity index (χ0v) is 22.2. The second-order valence-corrected chi connectivity index (χ2v) is 11.0. The van der Waals surface area contributed by atoms with Crippen LogP contribution in [0.5, 0.6) is 0 Å². The zero-order valence-electron chi connectivity index (χ0n) is 22.2. The van der Waals surface area contributed by atoms with Crippen molar-refractivity contribution in [3.8, 4) is 0 Å². The minimum atomic E-state index is -1.09. The van der Waals surface area contributed by atoms with Gasteiger partial charge in [-0.2, -0.15) is 0 Å². The van der Waals surface area contributed by atoms with Gasteiger partial charge in [0.05, 0.1) is 11.4 Å². The topological polar surface area (TPSA) is 90.9 Å². The second kappa shape index (κ2) is 11.5. The number of anilines is 1. The normalized spacial score (nSPS) is 21.3. The Labute approximate surface area is 225 Å². The average Bonchev–Trinajstić information content (AvgIpc) is 3.45. The van der Waals surface area contributed by atoms with E-state index in [2.05, 4.69) is 10.6 Å². The summed E-state index contributed by atoms with van der Waals surface area (Å²) in [5.41, 5.74) is 2.09. The standard InChI is InChI=1S/C31H38N4O3/c1-35-25-17-9-8-16-24(25)27(23-14-4-2-5-15-23)32-28(29(35)37)33-30(38)31(20-10-3-11-21-31)34-26(36)19-18-22-12-6-7-13-22/h2,4-5,8-9,14-17,22,28H,3,6-7,10-13,18-21H2,1H3,(H,33,38)(H,34,36)/t28-/m1/s1. The Kier molecular flexibility index (Phi) is 7.91. The first-order valence-corrected chi connectivity index (χ1v) is 14.1. The fourth-order valence-corrected chi connectivity index (χ4v) is 6.23. The van der Waals surface area contributed by atoms with E-state index in [1.165, 1.54) is 25.7 Å². The summed E-state index contributed by atoms with van der Waals surface area (Å²) in [6, 6.07) is 17.4. The van der Waals surface area contributed by atoms with E-state index >= 15 is 0 Å². The van der Waals surface area contributed by atoms with Crippen LogP contribution in [0.25, 0.3) is 0 Å². The van der Waals surface area contributed by atoms with E-state index in [-0.39, 0.29) is 17.7 Å². The molecule has 2 saturated carbocycles. The Morgan fingerprint density at radius 2 is 1.63 bits per heavy atom. The van der Waals surface area contributed by atoms with Gasteiger partial charge in [0, 0.05) is 24.6 Å². The first-order chi connectivity index (χ1) is 18.5. The summed E-state index contributed by atoms with van der Waals surface area (Å²) in [6.07, 6.45) is 9.00. The third kappa shape index (κ3) is 5.52. The maximum absolute atomic E-state index is 13.9. The molecule has 2 aliphatic carbocycles. The van der Waals surface area contributed by atoms with E-state index in [4.69, 9.17) is 4.99 Å². The van der Waals surface area contributed by atoms with Gasteiger partial charge in [0.25, 0.3) is 5.91 Å². The molecule has 1 atom stereocenters. The Bertz CT molecular complexity index is 1200. The van der Waals surface area contributed by atoms with Crippen molar-refractivity contribution in [2.45, 2.75) is 82.3 Å². The third-order valence-electron chi connectivity index (χ3n) is 8.43. The number of benzodiazepines with no additional fused rings is 1. The highest BCUT2D eigenvalue weighted by atomic mass is 16.2. The molecule has 0 saturated heterocycles. The Balaban J connectivity index is 1.40. The average molecular weight is 515 g/mol. The predicted octanol–water partition coefficient (Wildman–Crippen LogP) is 4.73. The smallest absolute Gasteiger partial charge is 0.272 e. The number of amides is 3. The van der Waals surface area contributed by atoms with Crippen molar-refractivity contribution in [2.24, 2.45) is 10.9 Å². The van der Waals surface area contributed by atoms with Crippen molar-refractivity contribution in [3.05, 3.63) is 65.7 Å². The summed E-state index contributed by atoms with van der Waals surface area (Å²) in [4.78, 5) is 46.9. The van der Waals surface area contributed by atoms with Crippen LogP contribution in [0.1, 0.15) is 81.8 Å². The first-order valence-electron chi connectivity index (χ1n) is 14.1. The molecular formula is C31H38N4O3. The van der Waals surface area contributed by atoms with E-state index in [9.17, 15) is 14.4 Å². The number of carbonyl (C=O) groups is 3. The van der Waals surface area contributed by atoms with Crippen LogP contribution in [0.2, 0.25) is 0 Å². The number of nitrogens with zero attached hydrogens (tertiary/aromatic N) is 2. The summed E-state index contributed by atoms with van der Waals surface area (Å²) in [5.74, 6) is -0.0851. The molecule has 2 N–H and O–H groups in total. The van der Waals surface area contributed by atoms with Crippen LogP contribution >= 0.6 is 0 Å². The summed E-state index contributed by atoms with van der Waals surface area (Å²) in [6.45, 7) is 0. The Hall–Kier alpha value is -3.48. The number of aliphatic imine (C=N–C) groups is 1. The molecular weight excluding hydrogens is 476 g/mol. The fraction of sp³-hybridized carbons (Fsp3) is 0.484. The molecule has 0 spiro atoms. The van der Waals surface area contributed by atoms with Gasteiger partial charge in [-0.05, 0) is 31.2 Å². The Morgan fingerprint density at radius 3 is 2.37 bits per heavy atom. The number of benzene rings is 2. The molecule has 7 nitrogen and oxygen atoms in total. The zero-order chi connectivity index (χ0) is 26.5. The number of rotatable bonds is 7. The number of fused-ring (bicyclic) bond motifs is 1. The van der Waals surface area contributed by atoms with Crippen molar-refractivity contribution in [1.29, 1.82) is 0 Å². The maximum Gasteiger partial charge on any atom is 0.272 e. The van der Waals surface area contributed by atoms with Gasteiger partial charge in [0.1, 0.15) is 5.54 Å². The van der Waals surface area contributed by atoms with Crippen LogP contribution < -0.4 is 15.5 Å². The molecule has 0 bridgehead atoms. The minimum absolute atomic E-state index is 0.0702. The lowest BCUT2D eigenvalue weighted by atomic mass is 9.80. The van der Waals surface area contributed by atoms with Gasteiger partial charge in [-0.25, -0.2) is 4.99 Å². The third-order valence-corrected chi connectivity index (χ3v) is 8.43. The summed E-state index contributed by atoms with van der Waals surface area (Å²) >= 11 is 0. The highest BCUT2D eigenvalue weighted by Gasteiger charge is 2.43. The molecule has 1 aliphatic heterocycles. The summed E-state index contributed by atoms with van der Waals surface area (Å²) in [5, 5.41) is 6.08. The quantitative estimate of drug-likeness (QED) is 0.560. The molecule has 1 heterocycles. The van der Waals surface area contributed by atoms with Gasteiger partial charge < -0.3 is 15.5 Å². The largest absolute Gasteiger partial charge is 0.342 e. The second-order valence-electron chi connectivity index (χ2n) is 11.0. The summed E-state index contributed by atoms with van der Waals surface area (Å²) in [7, 11) is 1.71. The number of nitrogens with one attached hydrogen (secondary N) is 2. The van der Waals surface area contributed by atoms with Crippen molar-refractivity contribution in [1.82, 2.24) is 10.6 Å². The van der Waals surface area contributed by atoms with E-state index < -0.39 is 11.7 Å². The van der Waals surface area contributed by atoms with E-state index in [1.807, 2.05) is 54.6 Å². The Morgan fingerprint density at radius 1 is 0.947 bits per heavy atom. The molecule has 2 fully saturated rings. The van der Waals surface area contributed by atoms with Crippen LogP contribution in [0.4, 0.5) is 5.69 Å². The van der Waals surface area contributed by atoms with Crippen LogP contribution in [-0.2, 0) is 14.4 Å². The molecule has 0 aromatic heterocycles. The van der Waals surface area contributed by atoms with Crippen molar-refractivity contribution in [2.75, 3.05) is 11.9 Å². The van der Waals surface area contributed by atoms with Gasteiger partial charge in [-0.3, -0.25) is 14.4 Å². The van der Waals surface area contributed by atoms with Crippen molar-refractivity contribution >= 4 is 29.1 Å². The van der Waals surface area contributed by atoms with Crippen LogP contribution in [-0.4, -0.2) is 42.2 Å². The number of carbonyl (C=O) groups excluding carboxylic acids is 3. The van der Waals surface area contributed by atoms with E-state index in [1.54, 1.807) is 11.9 Å². The first kappa shape index (κ1) is 26.1. The lowest BCUT2D eigenvalue weighted by molar-refractivity contribution is -0.137. The molecule has 7 heteroatoms. The number of hydrogen-bond donors (Lipinski definition) is 2. The van der Waals surface area contributed by atoms with Crippen molar-refractivity contribution < 1.29 is 14.4 Å². The lowest BCUT2D eigenvalue weighted by Crippen LogP contribution is -2.62. The van der Waals surface area contributed by atoms with Gasteiger partial charge in [-0.1, -0.05) is 93.5 Å². The van der Waals surface area contributed by atoms with E-state index in [0.717, 1.165) is 42.5 Å². The highest BCUT2D eigenvalue weighted by molar-refractivity contribution is 6.20. The van der Waals surface area contributed by atoms with Crippen LogP contribution in [0.3, 0.4) is 0 Å². The van der Waals surface area contributed by atoms with E-state index in [0.29, 0.717) is 30.9 Å². The number of para-hydroxylation sites is 1. The molecule has 5 rings (SSSR count). The maximum atomic E-state index is 13.9. The van der Waals surface area contributed by atoms with Gasteiger partial charge in [0.15, 0.2) is 0 Å². The highest BCUT2D eigenvalue weighted by Crippen LogP contribution is 2.32. The van der Waals surface area contributed by atoms with Crippen LogP contribution in [0, 0.1) is 5.92 Å². The van der Waals surface area contributed by atoms with Gasteiger partial charge >= 0.3 is 0 Å². The molecule has 2 aromatic rings. The van der Waals surface area contributed by atoms with Crippen LogP contribution in [0.15, 0.2) is 59.6 Å².